The second-order valence-electron chi connectivity index (χ2n) is 6.33. The van der Waals surface area contributed by atoms with Crippen molar-refractivity contribution in [1.82, 2.24) is 5.32 Å². The van der Waals surface area contributed by atoms with Crippen LogP contribution in [0.1, 0.15) is 39.7 Å². The second kappa shape index (κ2) is 7.34. The number of hydrogen-bond donors (Lipinski definition) is 1. The van der Waals surface area contributed by atoms with E-state index in [9.17, 15) is 4.79 Å². The molecule has 0 aliphatic carbocycles. The third-order valence-electron chi connectivity index (χ3n) is 3.49. The fraction of sp³-hybridized carbons (Fsp3) is 0.588. The van der Waals surface area contributed by atoms with Gasteiger partial charge in [0.25, 0.3) is 0 Å². The predicted molar refractivity (Wildman–Crippen MR) is 85.0 cm³/mol. The number of hydrogen-bond acceptors (Lipinski definition) is 3. The lowest BCUT2D eigenvalue weighted by atomic mass is 9.84. The number of ether oxygens (including phenoxy) is 2. The second-order valence-corrected chi connectivity index (χ2v) is 6.33. The van der Waals surface area contributed by atoms with E-state index in [1.54, 1.807) is 14.2 Å². The van der Waals surface area contributed by atoms with Crippen molar-refractivity contribution < 1.29 is 14.3 Å². The Balaban J connectivity index is 2.80. The van der Waals surface area contributed by atoms with Gasteiger partial charge >= 0.3 is 0 Å². The molecule has 0 atom stereocenters. The zero-order valence-corrected chi connectivity index (χ0v) is 13.9. The molecule has 0 bridgehead atoms. The number of nitrogens with one attached hydrogen (secondary N) is 1. The molecular formula is C17H27NO3. The van der Waals surface area contributed by atoms with E-state index in [1.807, 2.05) is 32.0 Å². The minimum atomic E-state index is -0.174. The fourth-order valence-corrected chi connectivity index (χ4v) is 2.12. The lowest BCUT2D eigenvalue weighted by molar-refractivity contribution is -0.122. The first-order chi connectivity index (χ1) is 9.80. The third kappa shape index (κ3) is 4.96. The largest absolute Gasteiger partial charge is 0.493 e. The third-order valence-corrected chi connectivity index (χ3v) is 3.49. The molecule has 1 aromatic rings. The van der Waals surface area contributed by atoms with Crippen LogP contribution in [-0.2, 0) is 10.2 Å². The molecule has 0 aliphatic heterocycles. The minimum absolute atomic E-state index is 0.0959. The molecule has 0 unspecified atom stereocenters. The Labute approximate surface area is 127 Å². The maximum absolute atomic E-state index is 11.8. The number of methoxy groups -OCH3 is 2. The SMILES string of the molecule is COc1ccc(C(C)(C)CNC(=O)CC(C)C)cc1OC. The summed E-state index contributed by atoms with van der Waals surface area (Å²) >= 11 is 0. The summed E-state index contributed by atoms with van der Waals surface area (Å²) in [7, 11) is 3.24. The smallest absolute Gasteiger partial charge is 0.220 e. The molecule has 0 spiro atoms. The lowest BCUT2D eigenvalue weighted by Crippen LogP contribution is -2.37. The summed E-state index contributed by atoms with van der Waals surface area (Å²) in [6, 6.07) is 5.87. The Hall–Kier alpha value is -1.71. The molecule has 0 heterocycles. The van der Waals surface area contributed by atoms with E-state index >= 15 is 0 Å². The Bertz CT molecular complexity index is 481. The van der Waals surface area contributed by atoms with Crippen LogP contribution < -0.4 is 14.8 Å². The standard InChI is InChI=1S/C17H27NO3/c1-12(2)9-16(19)18-11-17(3,4)13-7-8-14(20-5)15(10-13)21-6/h7-8,10,12H,9,11H2,1-6H3,(H,18,19). The molecule has 0 saturated carbocycles. The van der Waals surface area contributed by atoms with Crippen LogP contribution in [-0.4, -0.2) is 26.7 Å². The van der Waals surface area contributed by atoms with Gasteiger partial charge < -0.3 is 14.8 Å². The first-order valence-electron chi connectivity index (χ1n) is 7.29. The molecular weight excluding hydrogens is 266 g/mol. The highest BCUT2D eigenvalue weighted by Gasteiger charge is 2.23. The van der Waals surface area contributed by atoms with Gasteiger partial charge in [0, 0.05) is 18.4 Å². The van der Waals surface area contributed by atoms with Crippen LogP contribution in [0.25, 0.3) is 0 Å². The van der Waals surface area contributed by atoms with Crippen molar-refractivity contribution in [2.75, 3.05) is 20.8 Å². The summed E-state index contributed by atoms with van der Waals surface area (Å²) in [6.07, 6.45) is 0.558. The first-order valence-corrected chi connectivity index (χ1v) is 7.29. The van der Waals surface area contributed by atoms with E-state index in [4.69, 9.17) is 9.47 Å². The molecule has 0 fully saturated rings. The molecule has 4 heteroatoms. The number of amides is 1. The highest BCUT2D eigenvalue weighted by atomic mass is 16.5. The molecule has 0 radical (unpaired) electrons. The van der Waals surface area contributed by atoms with E-state index in [1.165, 1.54) is 0 Å². The van der Waals surface area contributed by atoms with E-state index in [0.717, 1.165) is 5.56 Å². The van der Waals surface area contributed by atoms with Crippen molar-refractivity contribution in [2.24, 2.45) is 5.92 Å². The number of carbonyl (C=O) groups is 1. The molecule has 1 rings (SSSR count). The quantitative estimate of drug-likeness (QED) is 0.840. The van der Waals surface area contributed by atoms with Gasteiger partial charge in [0.05, 0.1) is 14.2 Å². The van der Waals surface area contributed by atoms with Gasteiger partial charge in [-0.2, -0.15) is 0 Å². The molecule has 1 amide bonds. The Morgan fingerprint density at radius 2 is 1.81 bits per heavy atom. The van der Waals surface area contributed by atoms with Crippen LogP contribution in [0, 0.1) is 5.92 Å². The van der Waals surface area contributed by atoms with Crippen LogP contribution in [0.4, 0.5) is 0 Å². The average molecular weight is 293 g/mol. The van der Waals surface area contributed by atoms with Gasteiger partial charge in [-0.15, -0.1) is 0 Å². The van der Waals surface area contributed by atoms with Crippen LogP contribution in [0.3, 0.4) is 0 Å². The molecule has 0 aliphatic rings. The van der Waals surface area contributed by atoms with Crippen molar-refractivity contribution in [1.29, 1.82) is 0 Å². The zero-order valence-electron chi connectivity index (χ0n) is 13.9. The predicted octanol–water partition coefficient (Wildman–Crippen LogP) is 3.14. The molecule has 0 saturated heterocycles. The molecule has 1 aromatic carbocycles. The van der Waals surface area contributed by atoms with Gasteiger partial charge in [0.15, 0.2) is 11.5 Å². The van der Waals surface area contributed by atoms with Crippen molar-refractivity contribution in [3.05, 3.63) is 23.8 Å². The van der Waals surface area contributed by atoms with Crippen LogP contribution in [0.15, 0.2) is 18.2 Å². The van der Waals surface area contributed by atoms with Crippen molar-refractivity contribution >= 4 is 5.91 Å². The monoisotopic (exact) mass is 293 g/mol. The Kier molecular flexibility index (Phi) is 6.06. The van der Waals surface area contributed by atoms with Gasteiger partial charge in [-0.3, -0.25) is 4.79 Å². The maximum Gasteiger partial charge on any atom is 0.220 e. The van der Waals surface area contributed by atoms with E-state index < -0.39 is 0 Å². The number of rotatable bonds is 7. The van der Waals surface area contributed by atoms with Crippen molar-refractivity contribution in [3.8, 4) is 11.5 Å². The Morgan fingerprint density at radius 1 is 1.19 bits per heavy atom. The summed E-state index contributed by atoms with van der Waals surface area (Å²) in [5.41, 5.74) is 0.927. The molecule has 1 N–H and O–H groups in total. The summed E-state index contributed by atoms with van der Waals surface area (Å²) in [5, 5.41) is 3.01. The first kappa shape index (κ1) is 17.3. The van der Waals surface area contributed by atoms with E-state index in [-0.39, 0.29) is 11.3 Å². The van der Waals surface area contributed by atoms with Gasteiger partial charge in [-0.05, 0) is 23.6 Å². The van der Waals surface area contributed by atoms with Gasteiger partial charge in [-0.1, -0.05) is 33.8 Å². The summed E-state index contributed by atoms with van der Waals surface area (Å²) in [5.74, 6) is 1.88. The fourth-order valence-electron chi connectivity index (χ4n) is 2.12. The van der Waals surface area contributed by atoms with Crippen LogP contribution in [0.5, 0.6) is 11.5 Å². The summed E-state index contributed by atoms with van der Waals surface area (Å²) in [6.45, 7) is 8.87. The average Bonchev–Trinajstić information content (AvgIpc) is 2.43. The van der Waals surface area contributed by atoms with Crippen LogP contribution >= 0.6 is 0 Å². The number of carbonyl (C=O) groups excluding carboxylic acids is 1. The highest BCUT2D eigenvalue weighted by Crippen LogP contribution is 2.32. The molecule has 0 aromatic heterocycles. The van der Waals surface area contributed by atoms with E-state index in [0.29, 0.717) is 30.4 Å². The van der Waals surface area contributed by atoms with Crippen molar-refractivity contribution in [2.45, 2.75) is 39.5 Å². The van der Waals surface area contributed by atoms with Crippen molar-refractivity contribution in [3.63, 3.8) is 0 Å². The summed E-state index contributed by atoms with van der Waals surface area (Å²) in [4.78, 5) is 11.8. The van der Waals surface area contributed by atoms with E-state index in [2.05, 4.69) is 19.2 Å². The topological polar surface area (TPSA) is 47.6 Å². The maximum atomic E-state index is 11.8. The van der Waals surface area contributed by atoms with Gasteiger partial charge in [0.2, 0.25) is 5.91 Å². The normalized spacial score (nSPS) is 11.4. The summed E-state index contributed by atoms with van der Waals surface area (Å²) < 4.78 is 10.6. The van der Waals surface area contributed by atoms with Gasteiger partial charge in [0.1, 0.15) is 0 Å². The van der Waals surface area contributed by atoms with Crippen LogP contribution in [0.2, 0.25) is 0 Å². The molecule has 21 heavy (non-hydrogen) atoms. The number of benzene rings is 1. The lowest BCUT2D eigenvalue weighted by Gasteiger charge is -2.26. The minimum Gasteiger partial charge on any atom is -0.493 e. The van der Waals surface area contributed by atoms with Gasteiger partial charge in [-0.25, -0.2) is 0 Å². The zero-order chi connectivity index (χ0) is 16.0. The molecule has 4 nitrogen and oxygen atoms in total. The molecule has 118 valence electrons. The highest BCUT2D eigenvalue weighted by molar-refractivity contribution is 5.76. The Morgan fingerprint density at radius 3 is 2.33 bits per heavy atom.